The molecule has 5 heteroatoms. The molecule has 46 heavy (non-hydrogen) atoms. The number of carbonyl (C=O) groups is 2. The predicted molar refractivity (Wildman–Crippen MR) is 183 cm³/mol. The van der Waals surface area contributed by atoms with Crippen molar-refractivity contribution in [2.75, 3.05) is 20.2 Å². The minimum Gasteiger partial charge on any atom is -0.465 e. The van der Waals surface area contributed by atoms with Crippen LogP contribution in [-0.2, 0) is 9.53 Å². The number of amides is 1. The van der Waals surface area contributed by atoms with Gasteiger partial charge in [0.15, 0.2) is 0 Å². The van der Waals surface area contributed by atoms with E-state index in [1.807, 2.05) is 12.1 Å². The first-order chi connectivity index (χ1) is 22.0. The molecule has 1 amide bonds. The molecule has 5 saturated carbocycles. The molecular weight excluding hydrogens is 568 g/mol. The molecule has 6 fully saturated rings. The van der Waals surface area contributed by atoms with Crippen LogP contribution in [0.2, 0.25) is 0 Å². The van der Waals surface area contributed by atoms with Crippen LogP contribution in [0.4, 0.5) is 0 Å². The van der Waals surface area contributed by atoms with Crippen molar-refractivity contribution in [3.63, 3.8) is 0 Å². The van der Waals surface area contributed by atoms with E-state index in [0.717, 1.165) is 24.8 Å². The van der Waals surface area contributed by atoms with E-state index in [0.29, 0.717) is 64.0 Å². The van der Waals surface area contributed by atoms with Crippen LogP contribution in [0.15, 0.2) is 30.3 Å². The molecule has 6 aliphatic carbocycles. The molecule has 1 aromatic rings. The second kappa shape index (κ2) is 10.9. The van der Waals surface area contributed by atoms with Gasteiger partial charge in [-0.1, -0.05) is 52.3 Å². The summed E-state index contributed by atoms with van der Waals surface area (Å²) in [4.78, 5) is 28.2. The molecule has 250 valence electrons. The zero-order chi connectivity index (χ0) is 32.1. The average Bonchev–Trinajstić information content (AvgIpc) is 3.78. The van der Waals surface area contributed by atoms with Crippen LogP contribution in [0.5, 0.6) is 0 Å². The van der Waals surface area contributed by atoms with Gasteiger partial charge in [-0.2, -0.15) is 0 Å². The van der Waals surface area contributed by atoms with Crippen LogP contribution in [0.25, 0.3) is 5.57 Å². The van der Waals surface area contributed by atoms with Crippen molar-refractivity contribution in [3.8, 4) is 0 Å². The maximum Gasteiger partial charge on any atom is 0.337 e. The molecule has 0 radical (unpaired) electrons. The van der Waals surface area contributed by atoms with E-state index in [1.165, 1.54) is 95.3 Å². The summed E-state index contributed by atoms with van der Waals surface area (Å²) < 4.78 is 4.94. The van der Waals surface area contributed by atoms with Gasteiger partial charge in [0, 0.05) is 18.1 Å². The second-order valence-corrected chi connectivity index (χ2v) is 17.9. The summed E-state index contributed by atoms with van der Waals surface area (Å²) in [6.07, 6.45) is 19.2. The van der Waals surface area contributed by atoms with E-state index in [9.17, 15) is 9.59 Å². The number of likely N-dealkylation sites (tertiary alicyclic amines) is 1. The van der Waals surface area contributed by atoms with E-state index in [4.69, 9.17) is 4.74 Å². The number of ether oxygens (including phenoxy) is 1. The maximum absolute atomic E-state index is 13.7. The van der Waals surface area contributed by atoms with E-state index in [1.54, 1.807) is 0 Å². The molecule has 0 spiro atoms. The fourth-order valence-electron chi connectivity index (χ4n) is 14.0. The number of benzene rings is 1. The van der Waals surface area contributed by atoms with Gasteiger partial charge < -0.3 is 10.1 Å². The predicted octanol–water partition coefficient (Wildman–Crippen LogP) is 8.28. The van der Waals surface area contributed by atoms with Crippen LogP contribution in [0.1, 0.15) is 127 Å². The van der Waals surface area contributed by atoms with Crippen molar-refractivity contribution in [1.29, 1.82) is 0 Å². The van der Waals surface area contributed by atoms with Gasteiger partial charge in [0.1, 0.15) is 0 Å². The highest BCUT2D eigenvalue weighted by Crippen LogP contribution is 2.75. The minimum atomic E-state index is -0.269. The summed E-state index contributed by atoms with van der Waals surface area (Å²) in [5, 5.41) is 3.79. The molecule has 7 aliphatic rings. The lowest BCUT2D eigenvalue weighted by atomic mass is 9.34. The smallest absolute Gasteiger partial charge is 0.337 e. The summed E-state index contributed by atoms with van der Waals surface area (Å²) >= 11 is 0. The molecule has 8 unspecified atom stereocenters. The van der Waals surface area contributed by atoms with Crippen LogP contribution in [-0.4, -0.2) is 48.6 Å². The van der Waals surface area contributed by atoms with Gasteiger partial charge in [0.25, 0.3) is 0 Å². The summed E-state index contributed by atoms with van der Waals surface area (Å²) in [7, 11) is 1.45. The topological polar surface area (TPSA) is 58.6 Å². The largest absolute Gasteiger partial charge is 0.465 e. The lowest BCUT2D eigenvalue weighted by Gasteiger charge is -2.71. The van der Waals surface area contributed by atoms with Crippen LogP contribution in [0, 0.1) is 51.8 Å². The fraction of sp³-hybridized carbons (Fsp3) is 0.756. The Morgan fingerprint density at radius 1 is 0.891 bits per heavy atom. The third-order valence-electron chi connectivity index (χ3n) is 16.5. The Bertz CT molecular complexity index is 1420. The number of nitrogens with one attached hydrogen (secondary N) is 1. The molecule has 1 heterocycles. The summed E-state index contributed by atoms with van der Waals surface area (Å²) in [5.41, 5.74) is 4.35. The van der Waals surface area contributed by atoms with Crippen molar-refractivity contribution in [3.05, 3.63) is 41.5 Å². The number of rotatable bonds is 5. The number of carbonyl (C=O) groups excluding carboxylic acids is 2. The molecule has 11 atom stereocenters. The SMILES string of the molecule is COC(=O)c1ccc(C2=CCC3(C)C(CCC4(C)C3CCC3[C@H]5CCC[C@]5(NC(=O)CN5CC6CCC5C6)CC[C@]34C)C2C)cc1. The maximum atomic E-state index is 13.7. The quantitative estimate of drug-likeness (QED) is 0.334. The standard InChI is InChI=1S/C41H58N2O3/c1-26-31(28-9-11-29(12-10-28)37(45)46-5)16-19-38(2)32(26)17-20-40(4)35(38)15-14-33-34-7-6-18-41(34,22-21-39(33,40)3)42-36(44)25-43-24-27-8-13-30(43)23-27/h9-12,16,26-27,30,32-35H,6-8,13-15,17-25H2,1-5H3,(H,42,44)/t26?,27?,30?,32?,33?,34-,35?,38?,39-,40?,41+/m1/s1. The summed E-state index contributed by atoms with van der Waals surface area (Å²) in [5.74, 6) is 4.16. The van der Waals surface area contributed by atoms with Gasteiger partial charge in [-0.05, 0) is 152 Å². The van der Waals surface area contributed by atoms with Gasteiger partial charge in [0.05, 0.1) is 19.2 Å². The van der Waals surface area contributed by atoms with Crippen molar-refractivity contribution in [1.82, 2.24) is 10.2 Å². The highest BCUT2D eigenvalue weighted by Gasteiger charge is 2.68. The Balaban J connectivity index is 1.01. The lowest BCUT2D eigenvalue weighted by molar-refractivity contribution is -0.211. The van der Waals surface area contributed by atoms with Crippen molar-refractivity contribution >= 4 is 17.4 Å². The first-order valence-corrected chi connectivity index (χ1v) is 19.0. The third-order valence-corrected chi connectivity index (χ3v) is 16.5. The molecule has 1 aliphatic heterocycles. The number of fused-ring (bicyclic) bond motifs is 9. The summed E-state index contributed by atoms with van der Waals surface area (Å²) in [6.45, 7) is 12.3. The number of piperidine rings is 1. The molecule has 1 aromatic carbocycles. The first-order valence-electron chi connectivity index (χ1n) is 19.0. The van der Waals surface area contributed by atoms with Gasteiger partial charge in [0.2, 0.25) is 5.91 Å². The molecule has 0 aromatic heterocycles. The number of esters is 1. The number of hydrogen-bond donors (Lipinski definition) is 1. The van der Waals surface area contributed by atoms with Crippen LogP contribution in [0.3, 0.4) is 0 Å². The molecule has 1 saturated heterocycles. The molecule has 2 bridgehead atoms. The second-order valence-electron chi connectivity index (χ2n) is 17.9. The zero-order valence-electron chi connectivity index (χ0n) is 29.2. The third kappa shape index (κ3) is 4.41. The van der Waals surface area contributed by atoms with Crippen molar-refractivity contribution < 1.29 is 14.3 Å². The van der Waals surface area contributed by atoms with E-state index < -0.39 is 0 Å². The normalized spacial score (nSPS) is 46.0. The zero-order valence-corrected chi connectivity index (χ0v) is 29.2. The summed E-state index contributed by atoms with van der Waals surface area (Å²) in [6, 6.07) is 8.76. The number of hydrogen-bond acceptors (Lipinski definition) is 4. The average molecular weight is 627 g/mol. The first kappa shape index (κ1) is 31.1. The lowest BCUT2D eigenvalue weighted by Crippen LogP contribution is -2.67. The molecule has 8 rings (SSSR count). The Labute approximate surface area is 277 Å². The Hall–Kier alpha value is -2.14. The van der Waals surface area contributed by atoms with E-state index in [2.05, 4.69) is 56.1 Å². The van der Waals surface area contributed by atoms with Gasteiger partial charge in [-0.3, -0.25) is 9.69 Å². The number of allylic oxidation sites excluding steroid dienone is 2. The number of nitrogens with zero attached hydrogens (tertiary/aromatic N) is 1. The van der Waals surface area contributed by atoms with E-state index in [-0.39, 0.29) is 11.5 Å². The highest BCUT2D eigenvalue weighted by molar-refractivity contribution is 5.89. The van der Waals surface area contributed by atoms with Gasteiger partial charge in [-0.25, -0.2) is 4.79 Å². The molecular formula is C41H58N2O3. The Morgan fingerprint density at radius 2 is 1.70 bits per heavy atom. The van der Waals surface area contributed by atoms with Gasteiger partial charge in [-0.15, -0.1) is 0 Å². The Morgan fingerprint density at radius 3 is 2.41 bits per heavy atom. The Kier molecular flexibility index (Phi) is 7.41. The highest BCUT2D eigenvalue weighted by atomic mass is 16.5. The molecule has 5 nitrogen and oxygen atoms in total. The number of methoxy groups -OCH3 is 1. The van der Waals surface area contributed by atoms with Crippen LogP contribution >= 0.6 is 0 Å². The minimum absolute atomic E-state index is 0.0324. The molecule has 1 N–H and O–H groups in total. The van der Waals surface area contributed by atoms with E-state index >= 15 is 0 Å². The van der Waals surface area contributed by atoms with Gasteiger partial charge >= 0.3 is 5.97 Å². The van der Waals surface area contributed by atoms with Crippen LogP contribution < -0.4 is 5.32 Å². The monoisotopic (exact) mass is 626 g/mol. The van der Waals surface area contributed by atoms with Crippen molar-refractivity contribution in [2.45, 2.75) is 123 Å². The fourth-order valence-corrected chi connectivity index (χ4v) is 14.0. The van der Waals surface area contributed by atoms with Crippen molar-refractivity contribution in [2.24, 2.45) is 51.8 Å².